The van der Waals surface area contributed by atoms with Crippen LogP contribution in [0.1, 0.15) is 0 Å². The van der Waals surface area contributed by atoms with E-state index in [2.05, 4.69) is 15.3 Å². The Morgan fingerprint density at radius 1 is 1.68 bits per heavy atom. The van der Waals surface area contributed by atoms with Gasteiger partial charge in [0.15, 0.2) is 10.4 Å². The lowest BCUT2D eigenvalue weighted by atomic mass is 10.4. The fraction of sp³-hybridized carbons (Fsp3) is 0.364. The van der Waals surface area contributed by atoms with Gasteiger partial charge in [0, 0.05) is 19.9 Å². The number of hydrogen-bond acceptors (Lipinski definition) is 4. The van der Waals surface area contributed by atoms with Gasteiger partial charge in [-0.3, -0.25) is 9.36 Å². The molecule has 0 aliphatic rings. The van der Waals surface area contributed by atoms with Gasteiger partial charge in [-0.15, -0.1) is 0 Å². The molecule has 0 fully saturated rings. The maximum Gasteiger partial charge on any atom is 0.240 e. The van der Waals surface area contributed by atoms with Gasteiger partial charge in [0.05, 0.1) is 17.1 Å². The monoisotopic (exact) mass is 300 g/mol. The standard InChI is InChI=1S/C11H13ClN4O2S/c1-18-3-2-13-9(17)6-16-10-8(15-11(16)19)4-7(12)5-14-10/h4-5H,2-3,6H2,1H3,(H,13,17)(H,15,19). The Morgan fingerprint density at radius 2 is 2.47 bits per heavy atom. The maximum absolute atomic E-state index is 11.7. The summed E-state index contributed by atoms with van der Waals surface area (Å²) in [6.07, 6.45) is 1.52. The number of hydrogen-bond donors (Lipinski definition) is 2. The number of carbonyl (C=O) groups excluding carboxylic acids is 1. The highest BCUT2D eigenvalue weighted by atomic mass is 35.5. The number of halogens is 1. The van der Waals surface area contributed by atoms with E-state index in [-0.39, 0.29) is 12.5 Å². The van der Waals surface area contributed by atoms with Gasteiger partial charge in [0.2, 0.25) is 5.91 Å². The zero-order valence-electron chi connectivity index (χ0n) is 10.3. The minimum Gasteiger partial charge on any atom is -0.383 e. The Balaban J connectivity index is 2.18. The number of aromatic amines is 1. The summed E-state index contributed by atoms with van der Waals surface area (Å²) < 4.78 is 6.92. The van der Waals surface area contributed by atoms with Crippen molar-refractivity contribution in [1.29, 1.82) is 0 Å². The third-order valence-corrected chi connectivity index (χ3v) is 3.03. The van der Waals surface area contributed by atoms with E-state index in [1.165, 1.54) is 6.20 Å². The molecule has 0 aromatic carbocycles. The number of amides is 1. The van der Waals surface area contributed by atoms with Crippen LogP contribution in [0.5, 0.6) is 0 Å². The number of ether oxygens (including phenoxy) is 1. The molecule has 0 bridgehead atoms. The predicted octanol–water partition coefficient (Wildman–Crippen LogP) is 1.51. The molecule has 0 spiro atoms. The molecule has 2 aromatic heterocycles. The summed E-state index contributed by atoms with van der Waals surface area (Å²) in [6, 6.07) is 1.72. The number of nitrogens with zero attached hydrogens (tertiary/aromatic N) is 2. The lowest BCUT2D eigenvalue weighted by Gasteiger charge is -2.05. The smallest absolute Gasteiger partial charge is 0.240 e. The number of imidazole rings is 1. The van der Waals surface area contributed by atoms with Crippen molar-refractivity contribution >= 4 is 40.9 Å². The SMILES string of the molecule is COCCNC(=O)Cn1c(=S)[nH]c2cc(Cl)cnc21. The molecule has 2 N–H and O–H groups in total. The van der Waals surface area contributed by atoms with E-state index in [4.69, 9.17) is 28.6 Å². The molecule has 0 aliphatic heterocycles. The van der Waals surface area contributed by atoms with Crippen LogP contribution in [0.2, 0.25) is 5.02 Å². The third kappa shape index (κ3) is 3.31. The molecule has 2 aromatic rings. The van der Waals surface area contributed by atoms with Crippen molar-refractivity contribution in [1.82, 2.24) is 19.9 Å². The summed E-state index contributed by atoms with van der Waals surface area (Å²) in [5, 5.41) is 3.24. The Kier molecular flexibility index (Phi) is 4.52. The van der Waals surface area contributed by atoms with Crippen LogP contribution in [0.3, 0.4) is 0 Å². The Bertz CT molecular complexity index is 652. The topological polar surface area (TPSA) is 71.9 Å². The lowest BCUT2D eigenvalue weighted by Crippen LogP contribution is -2.30. The van der Waals surface area contributed by atoms with Crippen molar-refractivity contribution in [3.05, 3.63) is 22.1 Å². The molecule has 102 valence electrons. The van der Waals surface area contributed by atoms with Crippen LogP contribution in [0.15, 0.2) is 12.3 Å². The Morgan fingerprint density at radius 3 is 3.21 bits per heavy atom. The van der Waals surface area contributed by atoms with E-state index >= 15 is 0 Å². The molecule has 0 aliphatic carbocycles. The van der Waals surface area contributed by atoms with Gasteiger partial charge in [-0.1, -0.05) is 11.6 Å². The normalized spacial score (nSPS) is 10.8. The van der Waals surface area contributed by atoms with Gasteiger partial charge >= 0.3 is 0 Å². The van der Waals surface area contributed by atoms with E-state index in [1.54, 1.807) is 17.7 Å². The summed E-state index contributed by atoms with van der Waals surface area (Å²) >= 11 is 11.0. The Labute approximate surface area is 119 Å². The minimum absolute atomic E-state index is 0.108. The second-order valence-electron chi connectivity index (χ2n) is 3.88. The van der Waals surface area contributed by atoms with Gasteiger partial charge in [0.1, 0.15) is 6.54 Å². The highest BCUT2D eigenvalue weighted by molar-refractivity contribution is 7.71. The first kappa shape index (κ1) is 14.0. The molecule has 1 amide bonds. The molecule has 2 heterocycles. The number of nitrogens with one attached hydrogen (secondary N) is 2. The summed E-state index contributed by atoms with van der Waals surface area (Å²) in [6.45, 7) is 1.04. The molecule has 2 rings (SSSR count). The van der Waals surface area contributed by atoms with Crippen molar-refractivity contribution < 1.29 is 9.53 Å². The summed E-state index contributed by atoms with van der Waals surface area (Å²) in [4.78, 5) is 18.9. The van der Waals surface area contributed by atoms with Crippen molar-refractivity contribution in [2.45, 2.75) is 6.54 Å². The predicted molar refractivity (Wildman–Crippen MR) is 74.8 cm³/mol. The van der Waals surface area contributed by atoms with Crippen LogP contribution in [0.4, 0.5) is 0 Å². The van der Waals surface area contributed by atoms with E-state index in [0.717, 1.165) is 0 Å². The number of H-pyrrole nitrogens is 1. The first-order valence-corrected chi connectivity index (χ1v) is 6.40. The largest absolute Gasteiger partial charge is 0.383 e. The van der Waals surface area contributed by atoms with E-state index in [0.29, 0.717) is 34.1 Å². The highest BCUT2D eigenvalue weighted by Crippen LogP contribution is 2.16. The number of aromatic nitrogens is 3. The lowest BCUT2D eigenvalue weighted by molar-refractivity contribution is -0.121. The quantitative estimate of drug-likeness (QED) is 0.648. The zero-order chi connectivity index (χ0) is 13.8. The molecule has 0 saturated carbocycles. The molecule has 0 atom stereocenters. The molecule has 19 heavy (non-hydrogen) atoms. The molecule has 0 radical (unpaired) electrons. The van der Waals surface area contributed by atoms with E-state index in [9.17, 15) is 4.79 Å². The number of rotatable bonds is 5. The van der Waals surface area contributed by atoms with E-state index < -0.39 is 0 Å². The first-order chi connectivity index (χ1) is 9.11. The maximum atomic E-state index is 11.7. The molecule has 6 nitrogen and oxygen atoms in total. The first-order valence-electron chi connectivity index (χ1n) is 5.61. The van der Waals surface area contributed by atoms with Crippen LogP contribution in [-0.4, -0.2) is 40.7 Å². The average Bonchev–Trinajstić information content (AvgIpc) is 2.65. The van der Waals surface area contributed by atoms with E-state index in [1.807, 2.05) is 0 Å². The fourth-order valence-corrected chi connectivity index (χ4v) is 2.08. The summed E-state index contributed by atoms with van der Waals surface area (Å²) in [5.74, 6) is -0.147. The Hall–Kier alpha value is -1.44. The molecule has 0 saturated heterocycles. The third-order valence-electron chi connectivity index (χ3n) is 2.51. The van der Waals surface area contributed by atoms with Crippen LogP contribution < -0.4 is 5.32 Å². The average molecular weight is 301 g/mol. The molecule has 0 unspecified atom stereocenters. The van der Waals surface area contributed by atoms with Gasteiger partial charge in [-0.2, -0.15) is 0 Å². The van der Waals surface area contributed by atoms with Crippen LogP contribution in [0.25, 0.3) is 11.2 Å². The number of fused-ring (bicyclic) bond motifs is 1. The van der Waals surface area contributed by atoms with Gasteiger partial charge in [0.25, 0.3) is 0 Å². The van der Waals surface area contributed by atoms with Crippen molar-refractivity contribution in [3.63, 3.8) is 0 Å². The minimum atomic E-state index is -0.147. The second-order valence-corrected chi connectivity index (χ2v) is 4.71. The van der Waals surface area contributed by atoms with Crippen molar-refractivity contribution in [2.24, 2.45) is 0 Å². The number of methoxy groups -OCH3 is 1. The van der Waals surface area contributed by atoms with Crippen LogP contribution in [-0.2, 0) is 16.1 Å². The summed E-state index contributed by atoms with van der Waals surface area (Å²) in [7, 11) is 1.58. The highest BCUT2D eigenvalue weighted by Gasteiger charge is 2.10. The zero-order valence-corrected chi connectivity index (χ0v) is 11.8. The second kappa shape index (κ2) is 6.14. The summed E-state index contributed by atoms with van der Waals surface area (Å²) in [5.41, 5.74) is 1.32. The van der Waals surface area contributed by atoms with Gasteiger partial charge < -0.3 is 15.0 Å². The van der Waals surface area contributed by atoms with Crippen LogP contribution >= 0.6 is 23.8 Å². The molecular formula is C11H13ClN4O2S. The van der Waals surface area contributed by atoms with Crippen molar-refractivity contribution in [3.8, 4) is 0 Å². The van der Waals surface area contributed by atoms with Gasteiger partial charge in [-0.25, -0.2) is 4.98 Å². The number of carbonyl (C=O) groups is 1. The molecule has 8 heteroatoms. The van der Waals surface area contributed by atoms with Gasteiger partial charge in [-0.05, 0) is 18.3 Å². The van der Waals surface area contributed by atoms with Crippen LogP contribution in [0, 0.1) is 4.77 Å². The van der Waals surface area contributed by atoms with Crippen molar-refractivity contribution in [2.75, 3.05) is 20.3 Å². The molecular weight excluding hydrogens is 288 g/mol. The number of pyridine rings is 1. The fourth-order valence-electron chi connectivity index (χ4n) is 1.66.